The third kappa shape index (κ3) is 1.92. The van der Waals surface area contributed by atoms with Gasteiger partial charge in [-0.25, -0.2) is 0 Å². The first kappa shape index (κ1) is 9.71. The summed E-state index contributed by atoms with van der Waals surface area (Å²) >= 11 is 0. The van der Waals surface area contributed by atoms with Crippen LogP contribution >= 0.6 is 0 Å². The lowest BCUT2D eigenvalue weighted by molar-refractivity contribution is 0.223. The van der Waals surface area contributed by atoms with E-state index in [1.54, 1.807) is 5.70 Å². The van der Waals surface area contributed by atoms with Gasteiger partial charge in [-0.3, -0.25) is 4.90 Å². The molecule has 0 saturated carbocycles. The zero-order chi connectivity index (χ0) is 10.1. The van der Waals surface area contributed by atoms with Crippen molar-refractivity contribution in [2.45, 2.75) is 44.6 Å². The highest BCUT2D eigenvalue weighted by Gasteiger charge is 2.28. The van der Waals surface area contributed by atoms with E-state index < -0.39 is 0 Å². The average Bonchev–Trinajstić information content (AvgIpc) is 2.77. The number of piperidine rings is 1. The number of fused-ring (bicyclic) bond motifs is 1. The predicted octanol–water partition coefficient (Wildman–Crippen LogP) is 2.22. The molecule has 0 spiro atoms. The molecule has 3 aliphatic heterocycles. The summed E-state index contributed by atoms with van der Waals surface area (Å²) in [6.07, 6.45) is 10.9. The van der Waals surface area contributed by atoms with Crippen molar-refractivity contribution >= 4 is 0 Å². The topological polar surface area (TPSA) is 6.48 Å². The van der Waals surface area contributed by atoms with E-state index in [0.717, 1.165) is 6.04 Å². The van der Waals surface area contributed by atoms with Gasteiger partial charge >= 0.3 is 0 Å². The monoisotopic (exact) mass is 206 g/mol. The van der Waals surface area contributed by atoms with E-state index in [2.05, 4.69) is 15.9 Å². The smallest absolute Gasteiger partial charge is 0.0298 e. The van der Waals surface area contributed by atoms with Gasteiger partial charge in [-0.1, -0.05) is 0 Å². The maximum Gasteiger partial charge on any atom is 0.0298 e. The van der Waals surface area contributed by atoms with Crippen LogP contribution in [0.3, 0.4) is 0 Å². The standard InChI is InChI=1S/C13H22N2/c1-2-7-14(8-3-1)13-6-10-15-9-4-5-12(15)11-13/h11-12H,1-10H2. The highest BCUT2D eigenvalue weighted by molar-refractivity contribution is 5.13. The molecule has 2 fully saturated rings. The molecule has 0 aromatic heterocycles. The van der Waals surface area contributed by atoms with Crippen LogP contribution < -0.4 is 0 Å². The fraction of sp³-hybridized carbons (Fsp3) is 0.846. The Balaban J connectivity index is 1.70. The van der Waals surface area contributed by atoms with Crippen LogP contribution in [-0.4, -0.2) is 42.0 Å². The molecular formula is C13H22N2. The molecule has 0 aromatic carbocycles. The third-order valence-electron chi connectivity index (χ3n) is 4.22. The summed E-state index contributed by atoms with van der Waals surface area (Å²) in [5.74, 6) is 0. The van der Waals surface area contributed by atoms with Gasteiger partial charge in [0.15, 0.2) is 0 Å². The van der Waals surface area contributed by atoms with Gasteiger partial charge in [-0.15, -0.1) is 0 Å². The molecule has 3 heterocycles. The summed E-state index contributed by atoms with van der Waals surface area (Å²) in [7, 11) is 0. The SMILES string of the molecule is C1=C(N2CCCCC2)CCN2CCCC12. The number of rotatable bonds is 1. The molecule has 15 heavy (non-hydrogen) atoms. The first-order valence-corrected chi connectivity index (χ1v) is 6.63. The van der Waals surface area contributed by atoms with Crippen LogP contribution in [0.25, 0.3) is 0 Å². The summed E-state index contributed by atoms with van der Waals surface area (Å²) in [6, 6.07) is 0.788. The Bertz CT molecular complexity index is 253. The molecule has 1 unspecified atom stereocenters. The Hall–Kier alpha value is -0.500. The van der Waals surface area contributed by atoms with Crippen molar-refractivity contribution in [1.82, 2.24) is 9.80 Å². The quantitative estimate of drug-likeness (QED) is 0.649. The van der Waals surface area contributed by atoms with E-state index in [4.69, 9.17) is 0 Å². The first-order chi connectivity index (χ1) is 7.43. The molecule has 2 nitrogen and oxygen atoms in total. The fourth-order valence-corrected chi connectivity index (χ4v) is 3.33. The number of likely N-dealkylation sites (tertiary alicyclic amines) is 1. The van der Waals surface area contributed by atoms with E-state index in [1.807, 2.05) is 0 Å². The Labute approximate surface area is 92.9 Å². The van der Waals surface area contributed by atoms with Crippen LogP contribution in [0.2, 0.25) is 0 Å². The lowest BCUT2D eigenvalue weighted by Crippen LogP contribution is -2.38. The van der Waals surface area contributed by atoms with Crippen molar-refractivity contribution in [2.24, 2.45) is 0 Å². The Kier molecular flexibility index (Phi) is 2.70. The Morgan fingerprint density at radius 1 is 0.933 bits per heavy atom. The van der Waals surface area contributed by atoms with Gasteiger partial charge in [0.05, 0.1) is 0 Å². The minimum atomic E-state index is 0.788. The summed E-state index contributed by atoms with van der Waals surface area (Å²) in [5.41, 5.74) is 1.66. The summed E-state index contributed by atoms with van der Waals surface area (Å²) in [6.45, 7) is 5.29. The van der Waals surface area contributed by atoms with Gasteiger partial charge in [0.25, 0.3) is 0 Å². The minimum Gasteiger partial charge on any atom is -0.375 e. The van der Waals surface area contributed by atoms with Gasteiger partial charge in [0.1, 0.15) is 0 Å². The van der Waals surface area contributed by atoms with E-state index in [0.29, 0.717) is 0 Å². The normalized spacial score (nSPS) is 32.7. The predicted molar refractivity (Wildman–Crippen MR) is 62.7 cm³/mol. The Morgan fingerprint density at radius 3 is 2.67 bits per heavy atom. The molecule has 0 aromatic rings. The van der Waals surface area contributed by atoms with Crippen LogP contribution in [0.5, 0.6) is 0 Å². The summed E-state index contributed by atoms with van der Waals surface area (Å²) in [4.78, 5) is 5.31. The first-order valence-electron chi connectivity index (χ1n) is 6.63. The molecule has 3 aliphatic rings. The van der Waals surface area contributed by atoms with E-state index >= 15 is 0 Å². The van der Waals surface area contributed by atoms with Crippen molar-refractivity contribution in [1.29, 1.82) is 0 Å². The maximum absolute atomic E-state index is 2.66. The van der Waals surface area contributed by atoms with E-state index in [-0.39, 0.29) is 0 Å². The molecule has 0 bridgehead atoms. The van der Waals surface area contributed by atoms with Crippen LogP contribution in [0.4, 0.5) is 0 Å². The van der Waals surface area contributed by atoms with Gasteiger partial charge in [0.2, 0.25) is 0 Å². The molecule has 0 radical (unpaired) electrons. The molecule has 0 aliphatic carbocycles. The van der Waals surface area contributed by atoms with Crippen molar-refractivity contribution in [3.8, 4) is 0 Å². The van der Waals surface area contributed by atoms with Gasteiger partial charge in [0, 0.05) is 31.4 Å². The van der Waals surface area contributed by atoms with E-state index in [1.165, 1.54) is 64.7 Å². The molecule has 2 saturated heterocycles. The molecule has 84 valence electrons. The highest BCUT2D eigenvalue weighted by atomic mass is 15.2. The van der Waals surface area contributed by atoms with Crippen molar-refractivity contribution in [2.75, 3.05) is 26.2 Å². The number of hydrogen-bond acceptors (Lipinski definition) is 2. The molecule has 3 rings (SSSR count). The number of hydrogen-bond donors (Lipinski definition) is 0. The Morgan fingerprint density at radius 2 is 1.80 bits per heavy atom. The van der Waals surface area contributed by atoms with Crippen LogP contribution in [0, 0.1) is 0 Å². The lowest BCUT2D eigenvalue weighted by Gasteiger charge is -2.36. The maximum atomic E-state index is 2.66. The second kappa shape index (κ2) is 4.17. The summed E-state index contributed by atoms with van der Waals surface area (Å²) in [5, 5.41) is 0. The largest absolute Gasteiger partial charge is 0.375 e. The lowest BCUT2D eigenvalue weighted by atomic mass is 10.0. The van der Waals surface area contributed by atoms with Crippen LogP contribution in [-0.2, 0) is 0 Å². The van der Waals surface area contributed by atoms with Crippen molar-refractivity contribution in [3.05, 3.63) is 11.8 Å². The fourth-order valence-electron chi connectivity index (χ4n) is 3.33. The van der Waals surface area contributed by atoms with E-state index in [9.17, 15) is 0 Å². The second-order valence-corrected chi connectivity index (χ2v) is 5.20. The van der Waals surface area contributed by atoms with Gasteiger partial charge < -0.3 is 4.90 Å². The second-order valence-electron chi connectivity index (χ2n) is 5.20. The molecule has 1 atom stereocenters. The van der Waals surface area contributed by atoms with Gasteiger partial charge in [-0.2, -0.15) is 0 Å². The third-order valence-corrected chi connectivity index (χ3v) is 4.22. The minimum absolute atomic E-state index is 0.788. The van der Waals surface area contributed by atoms with Crippen molar-refractivity contribution < 1.29 is 0 Å². The zero-order valence-electron chi connectivity index (χ0n) is 9.62. The average molecular weight is 206 g/mol. The van der Waals surface area contributed by atoms with Crippen LogP contribution in [0.15, 0.2) is 11.8 Å². The van der Waals surface area contributed by atoms with Gasteiger partial charge in [-0.05, 0) is 51.1 Å². The summed E-state index contributed by atoms with van der Waals surface area (Å²) < 4.78 is 0. The zero-order valence-corrected chi connectivity index (χ0v) is 9.62. The highest BCUT2D eigenvalue weighted by Crippen LogP contribution is 2.28. The van der Waals surface area contributed by atoms with Crippen molar-refractivity contribution in [3.63, 3.8) is 0 Å². The molecule has 0 amide bonds. The molecule has 2 heteroatoms. The molecular weight excluding hydrogens is 184 g/mol. The van der Waals surface area contributed by atoms with Crippen LogP contribution in [0.1, 0.15) is 38.5 Å². The number of nitrogens with zero attached hydrogens (tertiary/aromatic N) is 2. The molecule has 0 N–H and O–H groups in total.